The average Bonchev–Trinajstić information content (AvgIpc) is 3.04. The van der Waals surface area contributed by atoms with Crippen LogP contribution in [0.4, 0.5) is 0 Å². The van der Waals surface area contributed by atoms with E-state index in [1.54, 1.807) is 0 Å². The van der Waals surface area contributed by atoms with Gasteiger partial charge in [0.2, 0.25) is 0 Å². The molecular weight excluding hydrogens is 276 g/mol. The summed E-state index contributed by atoms with van der Waals surface area (Å²) in [7, 11) is 2.10. The van der Waals surface area contributed by atoms with Crippen LogP contribution in [0.1, 0.15) is 56.0 Å². The predicted octanol–water partition coefficient (Wildman–Crippen LogP) is 3.60. The maximum absolute atomic E-state index is 10.1. The summed E-state index contributed by atoms with van der Waals surface area (Å²) < 4.78 is 5.87. The molecule has 1 saturated carbocycles. The fraction of sp³-hybridized carbons (Fsp3) is 0.611. The summed E-state index contributed by atoms with van der Waals surface area (Å²) in [5, 5.41) is 10.1. The van der Waals surface area contributed by atoms with E-state index in [2.05, 4.69) is 49.8 Å². The molecule has 4 nitrogen and oxygen atoms in total. The third-order valence-electron chi connectivity index (χ3n) is 4.69. The van der Waals surface area contributed by atoms with E-state index < -0.39 is 0 Å². The number of fused-ring (bicyclic) bond motifs is 1. The van der Waals surface area contributed by atoms with Crippen LogP contribution in [0.5, 0.6) is 0 Å². The highest BCUT2D eigenvalue weighted by Gasteiger charge is 2.28. The molecule has 4 heteroatoms. The van der Waals surface area contributed by atoms with Crippen LogP contribution in [0.2, 0.25) is 0 Å². The van der Waals surface area contributed by atoms with E-state index in [1.165, 1.54) is 5.56 Å². The number of oxazole rings is 1. The van der Waals surface area contributed by atoms with E-state index in [1.807, 2.05) is 0 Å². The SMILES string of the molecule is Cc1cc(CN(C)[C@H]2CCC[C@H]2O)cc2nc(C(C)C)oc12. The smallest absolute Gasteiger partial charge is 0.198 e. The highest BCUT2D eigenvalue weighted by atomic mass is 16.3. The molecule has 3 rings (SSSR count). The van der Waals surface area contributed by atoms with Gasteiger partial charge in [0, 0.05) is 18.5 Å². The van der Waals surface area contributed by atoms with Crippen LogP contribution in [0.15, 0.2) is 16.5 Å². The molecule has 1 aromatic carbocycles. The number of nitrogens with zero attached hydrogens (tertiary/aromatic N) is 2. The molecule has 0 unspecified atom stereocenters. The zero-order chi connectivity index (χ0) is 15.9. The van der Waals surface area contributed by atoms with Crippen molar-refractivity contribution in [2.75, 3.05) is 7.05 Å². The van der Waals surface area contributed by atoms with E-state index in [0.29, 0.717) is 5.92 Å². The lowest BCUT2D eigenvalue weighted by Crippen LogP contribution is -2.36. The summed E-state index contributed by atoms with van der Waals surface area (Å²) in [6, 6.07) is 4.57. The Kier molecular flexibility index (Phi) is 4.24. The van der Waals surface area contributed by atoms with Gasteiger partial charge in [0.15, 0.2) is 11.5 Å². The van der Waals surface area contributed by atoms with Crippen molar-refractivity contribution in [3.05, 3.63) is 29.2 Å². The number of aliphatic hydroxyl groups is 1. The van der Waals surface area contributed by atoms with E-state index in [-0.39, 0.29) is 12.1 Å². The summed E-state index contributed by atoms with van der Waals surface area (Å²) >= 11 is 0. The third-order valence-corrected chi connectivity index (χ3v) is 4.69. The molecule has 0 spiro atoms. The van der Waals surface area contributed by atoms with Crippen LogP contribution in [0.3, 0.4) is 0 Å². The second-order valence-electron chi connectivity index (χ2n) is 6.95. The first-order chi connectivity index (χ1) is 10.5. The predicted molar refractivity (Wildman–Crippen MR) is 87.9 cm³/mol. The molecule has 1 aliphatic carbocycles. The van der Waals surface area contributed by atoms with E-state index in [9.17, 15) is 5.11 Å². The number of hydrogen-bond donors (Lipinski definition) is 1. The number of hydrogen-bond acceptors (Lipinski definition) is 4. The molecule has 1 fully saturated rings. The summed E-state index contributed by atoms with van der Waals surface area (Å²) in [6.45, 7) is 7.10. The van der Waals surface area contributed by atoms with Crippen LogP contribution in [-0.2, 0) is 6.54 Å². The minimum absolute atomic E-state index is 0.186. The molecule has 2 atom stereocenters. The Morgan fingerprint density at radius 2 is 2.14 bits per heavy atom. The van der Waals surface area contributed by atoms with Crippen molar-refractivity contribution in [2.45, 2.75) is 64.6 Å². The van der Waals surface area contributed by atoms with Crippen molar-refractivity contribution < 1.29 is 9.52 Å². The quantitative estimate of drug-likeness (QED) is 0.937. The van der Waals surface area contributed by atoms with Gasteiger partial charge in [0.05, 0.1) is 6.10 Å². The monoisotopic (exact) mass is 302 g/mol. The highest BCUT2D eigenvalue weighted by Crippen LogP contribution is 2.28. The number of aryl methyl sites for hydroxylation is 1. The molecule has 22 heavy (non-hydrogen) atoms. The number of aromatic nitrogens is 1. The van der Waals surface area contributed by atoms with Crippen LogP contribution in [0, 0.1) is 6.92 Å². The third kappa shape index (κ3) is 2.90. The van der Waals surface area contributed by atoms with Gasteiger partial charge in [0.1, 0.15) is 5.52 Å². The first-order valence-electron chi connectivity index (χ1n) is 8.24. The molecule has 2 aromatic rings. The highest BCUT2D eigenvalue weighted by molar-refractivity contribution is 5.77. The minimum Gasteiger partial charge on any atom is -0.440 e. The fourth-order valence-electron chi connectivity index (χ4n) is 3.47. The average molecular weight is 302 g/mol. The van der Waals surface area contributed by atoms with Gasteiger partial charge in [-0.3, -0.25) is 4.90 Å². The molecule has 1 aromatic heterocycles. The fourth-order valence-corrected chi connectivity index (χ4v) is 3.47. The van der Waals surface area contributed by atoms with Crippen molar-refractivity contribution in [1.82, 2.24) is 9.88 Å². The van der Waals surface area contributed by atoms with Crippen molar-refractivity contribution in [3.8, 4) is 0 Å². The van der Waals surface area contributed by atoms with E-state index >= 15 is 0 Å². The molecule has 0 saturated heterocycles. The van der Waals surface area contributed by atoms with Gasteiger partial charge in [-0.25, -0.2) is 4.98 Å². The molecule has 0 bridgehead atoms. The number of aliphatic hydroxyl groups excluding tert-OH is 1. The normalized spacial score (nSPS) is 22.3. The molecule has 120 valence electrons. The first-order valence-corrected chi connectivity index (χ1v) is 8.24. The van der Waals surface area contributed by atoms with Crippen molar-refractivity contribution in [2.24, 2.45) is 0 Å². The van der Waals surface area contributed by atoms with Crippen molar-refractivity contribution in [1.29, 1.82) is 0 Å². The van der Waals surface area contributed by atoms with Gasteiger partial charge >= 0.3 is 0 Å². The zero-order valence-electron chi connectivity index (χ0n) is 14.0. The standard InChI is InChI=1S/C18H26N2O2/c1-11(2)18-19-14-9-13(8-12(3)17(14)22-18)10-20(4)15-6-5-7-16(15)21/h8-9,11,15-16,21H,5-7,10H2,1-4H3/t15-,16+/m0/s1. The molecular formula is C18H26N2O2. The Balaban J connectivity index is 1.84. The summed E-state index contributed by atoms with van der Waals surface area (Å²) in [6.07, 6.45) is 2.94. The Morgan fingerprint density at radius 3 is 2.77 bits per heavy atom. The molecule has 0 amide bonds. The Morgan fingerprint density at radius 1 is 1.36 bits per heavy atom. The lowest BCUT2D eigenvalue weighted by atomic mass is 10.1. The lowest BCUT2D eigenvalue weighted by molar-refractivity contribution is 0.0825. The number of rotatable bonds is 4. The van der Waals surface area contributed by atoms with Crippen molar-refractivity contribution in [3.63, 3.8) is 0 Å². The van der Waals surface area contributed by atoms with Crippen LogP contribution < -0.4 is 0 Å². The Bertz CT molecular complexity index is 662. The Labute approximate surface area is 132 Å². The largest absolute Gasteiger partial charge is 0.440 e. The van der Waals surface area contributed by atoms with E-state index in [4.69, 9.17) is 4.42 Å². The Hall–Kier alpha value is -1.39. The van der Waals surface area contributed by atoms with E-state index in [0.717, 1.165) is 48.4 Å². The van der Waals surface area contributed by atoms with Gasteiger partial charge in [-0.2, -0.15) is 0 Å². The second-order valence-corrected chi connectivity index (χ2v) is 6.95. The molecule has 0 aliphatic heterocycles. The molecule has 1 heterocycles. The minimum atomic E-state index is -0.186. The maximum Gasteiger partial charge on any atom is 0.198 e. The number of benzene rings is 1. The number of likely N-dealkylation sites (N-methyl/N-ethyl adjacent to an activating group) is 1. The summed E-state index contributed by atoms with van der Waals surface area (Å²) in [5.41, 5.74) is 4.21. The topological polar surface area (TPSA) is 49.5 Å². The summed E-state index contributed by atoms with van der Waals surface area (Å²) in [4.78, 5) is 6.88. The van der Waals surface area contributed by atoms with Crippen LogP contribution in [-0.4, -0.2) is 34.2 Å². The summed E-state index contributed by atoms with van der Waals surface area (Å²) in [5.74, 6) is 1.10. The van der Waals surface area contributed by atoms with Gasteiger partial charge < -0.3 is 9.52 Å². The molecule has 1 N–H and O–H groups in total. The lowest BCUT2D eigenvalue weighted by Gasteiger charge is -2.27. The molecule has 0 radical (unpaired) electrons. The first kappa shape index (κ1) is 15.5. The van der Waals surface area contributed by atoms with Crippen LogP contribution in [0.25, 0.3) is 11.1 Å². The van der Waals surface area contributed by atoms with Crippen LogP contribution >= 0.6 is 0 Å². The van der Waals surface area contributed by atoms with Gasteiger partial charge in [-0.05, 0) is 50.4 Å². The van der Waals surface area contributed by atoms with Crippen molar-refractivity contribution >= 4 is 11.1 Å². The van der Waals surface area contributed by atoms with Gasteiger partial charge in [-0.15, -0.1) is 0 Å². The maximum atomic E-state index is 10.1. The van der Waals surface area contributed by atoms with Gasteiger partial charge in [0.25, 0.3) is 0 Å². The zero-order valence-corrected chi connectivity index (χ0v) is 14.0. The second kappa shape index (κ2) is 6.01. The van der Waals surface area contributed by atoms with Gasteiger partial charge in [-0.1, -0.05) is 19.9 Å². The molecule has 1 aliphatic rings.